The van der Waals surface area contributed by atoms with Crippen LogP contribution in [-0.2, 0) is 10.8 Å². The molecule has 0 bridgehead atoms. The number of hydrogen-bond acceptors (Lipinski definition) is 2. The molecular weight excluding hydrogens is 146 g/mol. The Morgan fingerprint density at radius 3 is 2.30 bits per heavy atom. The topological polar surface area (TPSA) is 29.1 Å². The highest BCUT2D eigenvalue weighted by molar-refractivity contribution is 7.86. The van der Waals surface area contributed by atoms with Crippen molar-refractivity contribution in [2.45, 2.75) is 12.8 Å². The Hall–Kier alpha value is 0.110. The number of nitrogens with one attached hydrogen (secondary N) is 1. The van der Waals surface area contributed by atoms with Crippen LogP contribution in [0.3, 0.4) is 0 Å². The lowest BCUT2D eigenvalue weighted by Gasteiger charge is -2.43. The average molecular weight is 159 g/mol. The van der Waals surface area contributed by atoms with Crippen LogP contribution >= 0.6 is 0 Å². The molecule has 0 saturated carbocycles. The molecular formula is C7H13NOS. The molecule has 0 aromatic rings. The quantitative estimate of drug-likeness (QED) is 0.544. The number of piperidine rings is 1. The first kappa shape index (κ1) is 6.80. The maximum absolute atomic E-state index is 10.9. The Morgan fingerprint density at radius 1 is 1.20 bits per heavy atom. The Bertz CT molecular complexity index is 153. The normalized spacial score (nSPS) is 32.0. The minimum absolute atomic E-state index is 0.457. The van der Waals surface area contributed by atoms with Gasteiger partial charge >= 0.3 is 0 Å². The summed E-state index contributed by atoms with van der Waals surface area (Å²) in [6, 6.07) is 0. The first-order valence-corrected chi connectivity index (χ1v) is 5.35. The zero-order valence-electron chi connectivity index (χ0n) is 6.06. The molecule has 3 heteroatoms. The molecule has 0 amide bonds. The smallest absolute Gasteiger partial charge is 0.0301 e. The third-order valence-corrected chi connectivity index (χ3v) is 4.47. The van der Waals surface area contributed by atoms with Gasteiger partial charge in [0.25, 0.3) is 0 Å². The predicted molar refractivity (Wildman–Crippen MR) is 42.4 cm³/mol. The Balaban J connectivity index is 1.96. The highest BCUT2D eigenvalue weighted by Crippen LogP contribution is 2.38. The molecule has 0 aromatic carbocycles. The van der Waals surface area contributed by atoms with Crippen molar-refractivity contribution >= 4 is 10.8 Å². The van der Waals surface area contributed by atoms with Crippen LogP contribution in [0.4, 0.5) is 0 Å². The molecule has 1 N–H and O–H groups in total. The first-order valence-electron chi connectivity index (χ1n) is 3.87. The minimum atomic E-state index is -0.457. The summed E-state index contributed by atoms with van der Waals surface area (Å²) in [5.41, 5.74) is 0.510. The predicted octanol–water partition coefficient (Wildman–Crippen LogP) is 0.119. The van der Waals surface area contributed by atoms with Gasteiger partial charge in [0.15, 0.2) is 0 Å². The molecule has 2 fully saturated rings. The molecule has 0 atom stereocenters. The van der Waals surface area contributed by atoms with E-state index in [9.17, 15) is 4.21 Å². The van der Waals surface area contributed by atoms with E-state index in [0.29, 0.717) is 5.41 Å². The van der Waals surface area contributed by atoms with Crippen molar-refractivity contribution in [3.8, 4) is 0 Å². The second-order valence-electron chi connectivity index (χ2n) is 3.48. The van der Waals surface area contributed by atoms with E-state index in [1.165, 1.54) is 12.8 Å². The third-order valence-electron chi connectivity index (χ3n) is 2.60. The van der Waals surface area contributed by atoms with E-state index in [1.807, 2.05) is 0 Å². The Labute approximate surface area is 63.8 Å². The van der Waals surface area contributed by atoms with E-state index in [0.717, 1.165) is 24.6 Å². The van der Waals surface area contributed by atoms with Gasteiger partial charge in [-0.05, 0) is 31.3 Å². The van der Waals surface area contributed by atoms with Gasteiger partial charge in [0, 0.05) is 22.3 Å². The summed E-state index contributed by atoms with van der Waals surface area (Å²) in [4.78, 5) is 0. The van der Waals surface area contributed by atoms with Crippen molar-refractivity contribution in [1.82, 2.24) is 5.32 Å². The van der Waals surface area contributed by atoms with Crippen LogP contribution in [0.1, 0.15) is 12.8 Å². The standard InChI is InChI=1S/C7H13NOS/c9-10-5-7(6-10)1-3-8-4-2-7/h8H,1-6H2. The van der Waals surface area contributed by atoms with Gasteiger partial charge in [-0.1, -0.05) is 0 Å². The zero-order chi connectivity index (χ0) is 7.03. The van der Waals surface area contributed by atoms with Gasteiger partial charge < -0.3 is 5.32 Å². The van der Waals surface area contributed by atoms with Crippen molar-refractivity contribution in [3.63, 3.8) is 0 Å². The van der Waals surface area contributed by atoms with Gasteiger partial charge in [-0.25, -0.2) is 0 Å². The fraction of sp³-hybridized carbons (Fsp3) is 1.00. The van der Waals surface area contributed by atoms with Gasteiger partial charge in [-0.15, -0.1) is 0 Å². The van der Waals surface area contributed by atoms with Gasteiger partial charge in [0.05, 0.1) is 0 Å². The lowest BCUT2D eigenvalue weighted by molar-refractivity contribution is 0.248. The third kappa shape index (κ3) is 1.01. The minimum Gasteiger partial charge on any atom is -0.317 e. The molecule has 2 aliphatic heterocycles. The molecule has 10 heavy (non-hydrogen) atoms. The van der Waals surface area contributed by atoms with E-state index >= 15 is 0 Å². The second kappa shape index (κ2) is 2.31. The molecule has 2 rings (SSSR count). The van der Waals surface area contributed by atoms with Crippen molar-refractivity contribution in [3.05, 3.63) is 0 Å². The SMILES string of the molecule is O=S1CC2(CCNCC2)C1. The van der Waals surface area contributed by atoms with E-state index < -0.39 is 10.8 Å². The largest absolute Gasteiger partial charge is 0.317 e. The molecule has 0 aliphatic carbocycles. The van der Waals surface area contributed by atoms with E-state index in [4.69, 9.17) is 0 Å². The molecule has 2 heterocycles. The van der Waals surface area contributed by atoms with Gasteiger partial charge in [0.1, 0.15) is 0 Å². The van der Waals surface area contributed by atoms with Crippen molar-refractivity contribution in [2.75, 3.05) is 24.6 Å². The molecule has 1 spiro atoms. The first-order chi connectivity index (χ1) is 4.81. The molecule has 2 saturated heterocycles. The van der Waals surface area contributed by atoms with Crippen LogP contribution in [-0.4, -0.2) is 28.8 Å². The van der Waals surface area contributed by atoms with Crippen LogP contribution in [0.15, 0.2) is 0 Å². The van der Waals surface area contributed by atoms with Crippen LogP contribution in [0.2, 0.25) is 0 Å². The molecule has 2 aliphatic rings. The van der Waals surface area contributed by atoms with Crippen LogP contribution in [0.5, 0.6) is 0 Å². The molecule has 0 unspecified atom stereocenters. The monoisotopic (exact) mass is 159 g/mol. The van der Waals surface area contributed by atoms with E-state index in [-0.39, 0.29) is 0 Å². The lowest BCUT2D eigenvalue weighted by Crippen LogP contribution is -2.51. The summed E-state index contributed by atoms with van der Waals surface area (Å²) in [7, 11) is -0.457. The highest BCUT2D eigenvalue weighted by Gasteiger charge is 2.42. The summed E-state index contributed by atoms with van der Waals surface area (Å²) >= 11 is 0. The summed E-state index contributed by atoms with van der Waals surface area (Å²) in [5, 5.41) is 3.32. The Kier molecular flexibility index (Phi) is 1.57. The fourth-order valence-electron chi connectivity index (χ4n) is 1.89. The van der Waals surface area contributed by atoms with Crippen molar-refractivity contribution in [2.24, 2.45) is 5.41 Å². The van der Waals surface area contributed by atoms with Crippen LogP contribution in [0.25, 0.3) is 0 Å². The molecule has 0 radical (unpaired) electrons. The van der Waals surface area contributed by atoms with E-state index in [1.54, 1.807) is 0 Å². The number of hydrogen-bond donors (Lipinski definition) is 1. The molecule has 2 nitrogen and oxygen atoms in total. The van der Waals surface area contributed by atoms with Crippen molar-refractivity contribution in [1.29, 1.82) is 0 Å². The van der Waals surface area contributed by atoms with Crippen LogP contribution < -0.4 is 5.32 Å². The summed E-state index contributed by atoms with van der Waals surface area (Å²) in [6.07, 6.45) is 2.50. The number of rotatable bonds is 0. The maximum atomic E-state index is 10.9. The average Bonchev–Trinajstić information content (AvgIpc) is 1.87. The highest BCUT2D eigenvalue weighted by atomic mass is 32.2. The second-order valence-corrected chi connectivity index (χ2v) is 4.94. The zero-order valence-corrected chi connectivity index (χ0v) is 6.88. The van der Waals surface area contributed by atoms with E-state index in [2.05, 4.69) is 5.32 Å². The van der Waals surface area contributed by atoms with Gasteiger partial charge in [-0.2, -0.15) is 0 Å². The summed E-state index contributed by atoms with van der Waals surface area (Å²) < 4.78 is 10.9. The molecule has 0 aromatic heterocycles. The van der Waals surface area contributed by atoms with Crippen LogP contribution in [0, 0.1) is 5.41 Å². The molecule has 58 valence electrons. The summed E-state index contributed by atoms with van der Waals surface area (Å²) in [5.74, 6) is 1.96. The van der Waals surface area contributed by atoms with Crippen molar-refractivity contribution < 1.29 is 4.21 Å². The van der Waals surface area contributed by atoms with Gasteiger partial charge in [-0.3, -0.25) is 4.21 Å². The fourth-order valence-corrected chi connectivity index (χ4v) is 3.75. The maximum Gasteiger partial charge on any atom is 0.0301 e. The Morgan fingerprint density at radius 2 is 1.80 bits per heavy atom. The lowest BCUT2D eigenvalue weighted by atomic mass is 9.82. The van der Waals surface area contributed by atoms with Gasteiger partial charge in [0.2, 0.25) is 0 Å². The summed E-state index contributed by atoms with van der Waals surface area (Å²) in [6.45, 7) is 2.27.